The first-order valence-electron chi connectivity index (χ1n) is 9.60. The normalized spacial score (nSPS) is 10.9. The van der Waals surface area contributed by atoms with Crippen LogP contribution in [0.15, 0.2) is 35.1 Å². The number of anilines is 1. The Morgan fingerprint density at radius 3 is 2.86 bits per heavy atom. The van der Waals surface area contributed by atoms with E-state index in [0.717, 1.165) is 29.8 Å². The molecule has 8 nitrogen and oxygen atoms in total. The van der Waals surface area contributed by atoms with Crippen LogP contribution in [0.1, 0.15) is 31.5 Å². The predicted octanol–water partition coefficient (Wildman–Crippen LogP) is 2.25. The summed E-state index contributed by atoms with van der Waals surface area (Å²) in [6, 6.07) is 9.14. The molecule has 3 aromatic rings. The van der Waals surface area contributed by atoms with Gasteiger partial charge in [0.15, 0.2) is 0 Å². The molecule has 0 aliphatic carbocycles. The number of rotatable bonds is 9. The van der Waals surface area contributed by atoms with E-state index in [1.54, 1.807) is 11.9 Å². The van der Waals surface area contributed by atoms with Crippen molar-refractivity contribution < 1.29 is 9.53 Å². The van der Waals surface area contributed by atoms with Gasteiger partial charge in [-0.05, 0) is 19.4 Å². The lowest BCUT2D eigenvalue weighted by Crippen LogP contribution is -2.35. The molecule has 2 heterocycles. The van der Waals surface area contributed by atoms with Crippen molar-refractivity contribution in [2.24, 2.45) is 0 Å². The molecule has 0 unspecified atom stereocenters. The predicted molar refractivity (Wildman–Crippen MR) is 114 cm³/mol. The van der Waals surface area contributed by atoms with Crippen molar-refractivity contribution in [3.8, 4) is 5.75 Å². The average Bonchev–Trinajstić information content (AvgIpc) is 3.13. The first-order valence-corrected chi connectivity index (χ1v) is 10.4. The van der Waals surface area contributed by atoms with E-state index in [-0.39, 0.29) is 18.0 Å². The van der Waals surface area contributed by atoms with E-state index in [4.69, 9.17) is 4.74 Å². The van der Waals surface area contributed by atoms with Crippen LogP contribution in [0.2, 0.25) is 0 Å². The number of nitrogens with one attached hydrogen (secondary N) is 1. The number of carbonyl (C=O) groups is 1. The molecule has 0 aliphatic heterocycles. The fourth-order valence-electron chi connectivity index (χ4n) is 2.86. The second-order valence-electron chi connectivity index (χ2n) is 6.59. The van der Waals surface area contributed by atoms with Gasteiger partial charge in [-0.2, -0.15) is 4.52 Å². The Kier molecular flexibility index (Phi) is 6.82. The van der Waals surface area contributed by atoms with E-state index in [1.807, 2.05) is 38.1 Å². The van der Waals surface area contributed by atoms with Gasteiger partial charge in [0.1, 0.15) is 5.75 Å². The molecular formula is C20H25N5O3S. The molecule has 154 valence electrons. The van der Waals surface area contributed by atoms with Gasteiger partial charge in [-0.1, -0.05) is 42.9 Å². The van der Waals surface area contributed by atoms with E-state index in [9.17, 15) is 9.59 Å². The Labute approximate surface area is 173 Å². The van der Waals surface area contributed by atoms with Crippen LogP contribution in [0.25, 0.3) is 4.96 Å². The summed E-state index contributed by atoms with van der Waals surface area (Å²) in [4.78, 5) is 31.4. The molecule has 1 aromatic carbocycles. The summed E-state index contributed by atoms with van der Waals surface area (Å²) < 4.78 is 6.87. The molecular weight excluding hydrogens is 390 g/mol. The Balaban J connectivity index is 1.65. The van der Waals surface area contributed by atoms with Gasteiger partial charge >= 0.3 is 0 Å². The van der Waals surface area contributed by atoms with E-state index < -0.39 is 0 Å². The largest absolute Gasteiger partial charge is 0.494 e. The molecule has 1 amide bonds. The number of aromatic nitrogens is 3. The van der Waals surface area contributed by atoms with Crippen molar-refractivity contribution in [2.45, 2.75) is 33.2 Å². The number of ether oxygens (including phenoxy) is 1. The monoisotopic (exact) mass is 415 g/mol. The maximum absolute atomic E-state index is 12.4. The van der Waals surface area contributed by atoms with Gasteiger partial charge < -0.3 is 15.0 Å². The molecule has 9 heteroatoms. The zero-order chi connectivity index (χ0) is 20.8. The number of aryl methyl sites for hydroxylation is 1. The topological polar surface area (TPSA) is 88.8 Å². The Hall–Kier alpha value is -2.94. The lowest BCUT2D eigenvalue weighted by atomic mass is 10.2. The van der Waals surface area contributed by atoms with Gasteiger partial charge in [0.2, 0.25) is 16.0 Å². The summed E-state index contributed by atoms with van der Waals surface area (Å²) in [5, 5.41) is 7.77. The van der Waals surface area contributed by atoms with E-state index in [1.165, 1.54) is 21.9 Å². The van der Waals surface area contributed by atoms with Crippen molar-refractivity contribution in [1.82, 2.24) is 19.9 Å². The number of fused-ring (bicyclic) bond motifs is 1. The van der Waals surface area contributed by atoms with Crippen LogP contribution in [0, 0.1) is 0 Å². The molecule has 1 N–H and O–H groups in total. The van der Waals surface area contributed by atoms with Crippen molar-refractivity contribution in [1.29, 1.82) is 0 Å². The molecule has 2 aromatic heterocycles. The fourth-order valence-corrected chi connectivity index (χ4v) is 3.75. The van der Waals surface area contributed by atoms with E-state index in [2.05, 4.69) is 15.4 Å². The number of hydrogen-bond donors (Lipinski definition) is 1. The van der Waals surface area contributed by atoms with Crippen LogP contribution < -0.4 is 20.5 Å². The highest BCUT2D eigenvalue weighted by Crippen LogP contribution is 2.20. The SMILES string of the molecule is CCCc1cc(=O)n2nc(N(C)CC(=O)NCc3ccccc3OCC)sc2n1. The number of benzene rings is 1. The summed E-state index contributed by atoms with van der Waals surface area (Å²) in [6.07, 6.45) is 1.67. The standard InChI is InChI=1S/C20H25N5O3S/c1-4-8-15-11-18(27)25-19(22-15)29-20(23-25)24(3)13-17(26)21-12-14-9-6-7-10-16(14)28-5-2/h6-7,9-11H,4-5,8,12-13H2,1-3H3,(H,21,26). The van der Waals surface area contributed by atoms with Crippen LogP contribution in [-0.4, -0.2) is 40.7 Å². The quantitative estimate of drug-likeness (QED) is 0.577. The van der Waals surface area contributed by atoms with Gasteiger partial charge in [0.25, 0.3) is 5.56 Å². The Bertz CT molecular complexity index is 1050. The van der Waals surface area contributed by atoms with Gasteiger partial charge in [-0.25, -0.2) is 4.98 Å². The van der Waals surface area contributed by atoms with E-state index in [0.29, 0.717) is 23.2 Å². The smallest absolute Gasteiger partial charge is 0.275 e. The molecule has 0 saturated carbocycles. The molecule has 0 saturated heterocycles. The molecule has 29 heavy (non-hydrogen) atoms. The number of nitrogens with zero attached hydrogens (tertiary/aromatic N) is 4. The van der Waals surface area contributed by atoms with Crippen LogP contribution in [0.5, 0.6) is 5.75 Å². The van der Waals surface area contributed by atoms with Gasteiger partial charge in [-0.3, -0.25) is 9.59 Å². The van der Waals surface area contributed by atoms with Crippen molar-refractivity contribution >= 4 is 27.3 Å². The zero-order valence-electron chi connectivity index (χ0n) is 16.8. The summed E-state index contributed by atoms with van der Waals surface area (Å²) in [7, 11) is 1.77. The van der Waals surface area contributed by atoms with Crippen LogP contribution >= 0.6 is 11.3 Å². The number of hydrogen-bond acceptors (Lipinski definition) is 7. The van der Waals surface area contributed by atoms with Crippen LogP contribution in [0.4, 0.5) is 5.13 Å². The third kappa shape index (κ3) is 5.11. The third-order valence-electron chi connectivity index (χ3n) is 4.25. The molecule has 0 atom stereocenters. The van der Waals surface area contributed by atoms with Gasteiger partial charge in [0.05, 0.1) is 13.2 Å². The van der Waals surface area contributed by atoms with Crippen molar-refractivity contribution in [3.63, 3.8) is 0 Å². The van der Waals surface area contributed by atoms with E-state index >= 15 is 0 Å². The minimum atomic E-state index is -0.202. The maximum atomic E-state index is 12.4. The first kappa shape index (κ1) is 20.8. The Morgan fingerprint density at radius 1 is 1.31 bits per heavy atom. The van der Waals surface area contributed by atoms with Gasteiger partial charge in [0, 0.05) is 30.9 Å². The zero-order valence-corrected chi connectivity index (χ0v) is 17.7. The fraction of sp³-hybridized carbons (Fsp3) is 0.400. The molecule has 0 aliphatic rings. The van der Waals surface area contributed by atoms with Crippen LogP contribution in [-0.2, 0) is 17.8 Å². The highest BCUT2D eigenvalue weighted by Gasteiger charge is 2.15. The highest BCUT2D eigenvalue weighted by molar-refractivity contribution is 7.20. The molecule has 0 radical (unpaired) electrons. The molecule has 0 fully saturated rings. The summed E-state index contributed by atoms with van der Waals surface area (Å²) in [5.41, 5.74) is 1.48. The number of carbonyl (C=O) groups excluding carboxylic acids is 1. The minimum Gasteiger partial charge on any atom is -0.494 e. The molecule has 0 spiro atoms. The third-order valence-corrected chi connectivity index (χ3v) is 5.27. The summed E-state index contributed by atoms with van der Waals surface area (Å²) in [5.74, 6) is 0.619. The maximum Gasteiger partial charge on any atom is 0.275 e. The lowest BCUT2D eigenvalue weighted by molar-refractivity contribution is -0.119. The van der Waals surface area contributed by atoms with Crippen molar-refractivity contribution in [3.05, 3.63) is 51.9 Å². The van der Waals surface area contributed by atoms with Crippen molar-refractivity contribution in [2.75, 3.05) is 25.1 Å². The second-order valence-corrected chi connectivity index (χ2v) is 7.52. The average molecular weight is 416 g/mol. The van der Waals surface area contributed by atoms with Crippen LogP contribution in [0.3, 0.4) is 0 Å². The molecule has 0 bridgehead atoms. The first-order chi connectivity index (χ1) is 14.0. The minimum absolute atomic E-state index is 0.118. The lowest BCUT2D eigenvalue weighted by Gasteiger charge is -2.15. The Morgan fingerprint density at radius 2 is 2.10 bits per heavy atom. The summed E-state index contributed by atoms with van der Waals surface area (Å²) >= 11 is 1.29. The number of para-hydroxylation sites is 1. The van der Waals surface area contributed by atoms with Gasteiger partial charge in [-0.15, -0.1) is 5.10 Å². The molecule has 3 rings (SSSR count). The number of likely N-dealkylation sites (N-methyl/N-ethyl adjacent to an activating group) is 1. The second kappa shape index (κ2) is 9.51. The highest BCUT2D eigenvalue weighted by atomic mass is 32.1. The number of amides is 1. The summed E-state index contributed by atoms with van der Waals surface area (Å²) in [6.45, 7) is 5.03.